The maximum atomic E-state index is 11.7. The van der Waals surface area contributed by atoms with Gasteiger partial charge in [0.2, 0.25) is 5.95 Å². The second-order valence-corrected chi connectivity index (χ2v) is 9.42. The zero-order chi connectivity index (χ0) is 21.3. The van der Waals surface area contributed by atoms with E-state index in [4.69, 9.17) is 0 Å². The molecule has 2 aliphatic heterocycles. The maximum Gasteiger partial charge on any atom is 0.290 e. The van der Waals surface area contributed by atoms with Crippen LogP contribution in [0.25, 0.3) is 6.08 Å². The van der Waals surface area contributed by atoms with Crippen molar-refractivity contribution in [2.75, 3.05) is 36.0 Å². The Hall–Kier alpha value is -2.87. The summed E-state index contributed by atoms with van der Waals surface area (Å²) in [6, 6.07) is 10.6. The molecule has 2 saturated heterocycles. The lowest BCUT2D eigenvalue weighted by Crippen LogP contribution is -2.47. The van der Waals surface area contributed by atoms with E-state index >= 15 is 0 Å². The number of aromatic nitrogens is 2. The van der Waals surface area contributed by atoms with Crippen LogP contribution in [0, 0.1) is 0 Å². The van der Waals surface area contributed by atoms with Gasteiger partial charge in [0.05, 0.1) is 10.6 Å². The molecule has 4 rings (SSSR count). The third-order valence-electron chi connectivity index (χ3n) is 5.25. The Morgan fingerprint density at radius 3 is 2.27 bits per heavy atom. The fourth-order valence-electron chi connectivity index (χ4n) is 3.49. The summed E-state index contributed by atoms with van der Waals surface area (Å²) in [5.41, 5.74) is 3.34. The van der Waals surface area contributed by atoms with Crippen molar-refractivity contribution in [3.05, 3.63) is 52.7 Å². The van der Waals surface area contributed by atoms with Crippen molar-refractivity contribution >= 4 is 40.6 Å². The van der Waals surface area contributed by atoms with E-state index in [0.29, 0.717) is 16.5 Å². The molecule has 0 radical (unpaired) electrons. The maximum absolute atomic E-state index is 11.7. The summed E-state index contributed by atoms with van der Waals surface area (Å²) >= 11 is 0.891. The van der Waals surface area contributed by atoms with Crippen LogP contribution in [0.5, 0.6) is 0 Å². The zero-order valence-corrected chi connectivity index (χ0v) is 18.2. The minimum Gasteiger partial charge on any atom is -0.368 e. The Labute approximate surface area is 180 Å². The van der Waals surface area contributed by atoms with Crippen LogP contribution in [0.3, 0.4) is 0 Å². The first kappa shape index (κ1) is 20.4. The highest BCUT2D eigenvalue weighted by molar-refractivity contribution is 8.18. The minimum absolute atomic E-state index is 0.153. The van der Waals surface area contributed by atoms with Gasteiger partial charge in [-0.15, -0.1) is 0 Å². The van der Waals surface area contributed by atoms with Crippen LogP contribution in [-0.4, -0.2) is 47.3 Å². The van der Waals surface area contributed by atoms with E-state index in [0.717, 1.165) is 37.9 Å². The molecule has 30 heavy (non-hydrogen) atoms. The molecule has 1 aromatic heterocycles. The number of amides is 2. The van der Waals surface area contributed by atoms with Crippen LogP contribution < -0.4 is 15.1 Å². The quantitative estimate of drug-likeness (QED) is 0.758. The minimum atomic E-state index is -0.378. The van der Waals surface area contributed by atoms with Gasteiger partial charge in [-0.3, -0.25) is 14.9 Å². The Balaban J connectivity index is 1.41. The van der Waals surface area contributed by atoms with Crippen molar-refractivity contribution in [3.8, 4) is 0 Å². The van der Waals surface area contributed by atoms with Gasteiger partial charge in [0.15, 0.2) is 0 Å². The van der Waals surface area contributed by atoms with Crippen molar-refractivity contribution in [3.63, 3.8) is 0 Å². The molecule has 0 bridgehead atoms. The summed E-state index contributed by atoms with van der Waals surface area (Å²) in [4.78, 5) is 36.9. The van der Waals surface area contributed by atoms with Crippen LogP contribution in [0.15, 0.2) is 41.4 Å². The monoisotopic (exact) mass is 423 g/mol. The number of hydrogen-bond donors (Lipinski definition) is 1. The summed E-state index contributed by atoms with van der Waals surface area (Å²) in [6.45, 7) is 10.1. The molecule has 0 aliphatic carbocycles. The van der Waals surface area contributed by atoms with Gasteiger partial charge in [-0.2, -0.15) is 0 Å². The van der Waals surface area contributed by atoms with E-state index in [9.17, 15) is 9.59 Å². The topological polar surface area (TPSA) is 78.4 Å². The molecule has 0 unspecified atom stereocenters. The molecule has 2 aromatic rings. The highest BCUT2D eigenvalue weighted by atomic mass is 32.2. The Bertz CT molecular complexity index is 989. The van der Waals surface area contributed by atoms with Gasteiger partial charge in [-0.1, -0.05) is 32.9 Å². The molecule has 2 aliphatic rings. The highest BCUT2D eigenvalue weighted by Crippen LogP contribution is 2.27. The normalized spacial score (nSPS) is 18.8. The number of carbonyl (C=O) groups excluding carboxylic acids is 2. The Morgan fingerprint density at radius 1 is 1.00 bits per heavy atom. The molecule has 156 valence electrons. The summed E-state index contributed by atoms with van der Waals surface area (Å²) in [5, 5.41) is 1.90. The number of carbonyl (C=O) groups is 2. The Kier molecular flexibility index (Phi) is 5.51. The van der Waals surface area contributed by atoms with E-state index < -0.39 is 0 Å². The molecule has 1 aromatic carbocycles. The first-order valence-corrected chi connectivity index (χ1v) is 10.8. The van der Waals surface area contributed by atoms with Gasteiger partial charge in [0.1, 0.15) is 0 Å². The van der Waals surface area contributed by atoms with E-state index in [1.165, 1.54) is 11.3 Å². The van der Waals surface area contributed by atoms with Gasteiger partial charge in [-0.25, -0.2) is 9.97 Å². The predicted octanol–water partition coefficient (Wildman–Crippen LogP) is 3.42. The molecule has 0 saturated carbocycles. The smallest absolute Gasteiger partial charge is 0.290 e. The predicted molar refractivity (Wildman–Crippen MR) is 121 cm³/mol. The standard InChI is InChI=1S/C22H25N5O2S/c1-22(2,3)15-4-6-17(7-5-15)26-10-12-27(13-11-26)20-23-9-8-16(24-20)14-18-19(28)25-21(29)30-18/h4-9,14H,10-13H2,1-3H3,(H,25,28,29)/b18-14-. The summed E-state index contributed by atoms with van der Waals surface area (Å²) in [7, 11) is 0. The first-order valence-electron chi connectivity index (χ1n) is 9.98. The van der Waals surface area contributed by atoms with Crippen molar-refractivity contribution in [1.82, 2.24) is 15.3 Å². The van der Waals surface area contributed by atoms with Gasteiger partial charge >= 0.3 is 0 Å². The van der Waals surface area contributed by atoms with Crippen molar-refractivity contribution in [2.45, 2.75) is 26.2 Å². The third-order valence-corrected chi connectivity index (χ3v) is 6.06. The fourth-order valence-corrected chi connectivity index (χ4v) is 4.15. The van der Waals surface area contributed by atoms with Crippen LogP contribution in [-0.2, 0) is 10.2 Å². The number of benzene rings is 1. The van der Waals surface area contributed by atoms with Gasteiger partial charge in [0.25, 0.3) is 11.1 Å². The molecule has 1 N–H and O–H groups in total. The number of thioether (sulfide) groups is 1. The number of anilines is 2. The summed E-state index contributed by atoms with van der Waals surface area (Å²) < 4.78 is 0. The van der Waals surface area contributed by atoms with E-state index in [-0.39, 0.29) is 16.6 Å². The van der Waals surface area contributed by atoms with Gasteiger partial charge < -0.3 is 9.80 Å². The Morgan fingerprint density at radius 2 is 1.67 bits per heavy atom. The number of rotatable bonds is 3. The lowest BCUT2D eigenvalue weighted by molar-refractivity contribution is -0.115. The molecule has 2 fully saturated rings. The lowest BCUT2D eigenvalue weighted by Gasteiger charge is -2.36. The SMILES string of the molecule is CC(C)(C)c1ccc(N2CCN(c3nccc(/C=C4\SC(=O)NC4=O)n3)CC2)cc1. The van der Waals surface area contributed by atoms with Crippen molar-refractivity contribution in [2.24, 2.45) is 0 Å². The van der Waals surface area contributed by atoms with Crippen molar-refractivity contribution in [1.29, 1.82) is 0 Å². The second kappa shape index (κ2) is 8.10. The van der Waals surface area contributed by atoms with E-state index in [1.54, 1.807) is 18.3 Å². The molecule has 0 atom stereocenters. The zero-order valence-electron chi connectivity index (χ0n) is 17.4. The molecule has 8 heteroatoms. The van der Waals surface area contributed by atoms with Gasteiger partial charge in [0, 0.05) is 38.1 Å². The molecule has 0 spiro atoms. The van der Waals surface area contributed by atoms with Crippen LogP contribution in [0.4, 0.5) is 16.4 Å². The van der Waals surface area contributed by atoms with E-state index in [1.807, 2.05) is 0 Å². The first-order chi connectivity index (χ1) is 14.3. The molecular formula is C22H25N5O2S. The van der Waals surface area contributed by atoms with Crippen LogP contribution >= 0.6 is 11.8 Å². The summed E-state index contributed by atoms with van der Waals surface area (Å²) in [6.07, 6.45) is 3.31. The molecule has 7 nitrogen and oxygen atoms in total. The number of imide groups is 1. The average molecular weight is 424 g/mol. The average Bonchev–Trinajstić information content (AvgIpc) is 3.04. The van der Waals surface area contributed by atoms with Gasteiger partial charge in [-0.05, 0) is 47.0 Å². The number of hydrogen-bond acceptors (Lipinski definition) is 7. The highest BCUT2D eigenvalue weighted by Gasteiger charge is 2.25. The lowest BCUT2D eigenvalue weighted by atomic mass is 9.87. The fraction of sp³-hybridized carbons (Fsp3) is 0.364. The second-order valence-electron chi connectivity index (χ2n) is 8.40. The number of nitrogens with one attached hydrogen (secondary N) is 1. The number of nitrogens with zero attached hydrogens (tertiary/aromatic N) is 4. The third kappa shape index (κ3) is 4.48. The van der Waals surface area contributed by atoms with Crippen LogP contribution in [0.1, 0.15) is 32.0 Å². The van der Waals surface area contributed by atoms with E-state index in [2.05, 4.69) is 70.1 Å². The van der Waals surface area contributed by atoms with Crippen LogP contribution in [0.2, 0.25) is 0 Å². The molecular weight excluding hydrogens is 398 g/mol. The molecule has 3 heterocycles. The number of piperazine rings is 1. The summed E-state index contributed by atoms with van der Waals surface area (Å²) in [5.74, 6) is 0.262. The largest absolute Gasteiger partial charge is 0.368 e. The molecule has 2 amide bonds. The van der Waals surface area contributed by atoms with Crippen molar-refractivity contribution < 1.29 is 9.59 Å².